The summed E-state index contributed by atoms with van der Waals surface area (Å²) in [5.41, 5.74) is 1.11. The van der Waals surface area contributed by atoms with Gasteiger partial charge in [0.05, 0.1) is 19.3 Å². The van der Waals surface area contributed by atoms with E-state index >= 15 is 0 Å². The Morgan fingerprint density at radius 3 is 2.33 bits per heavy atom. The van der Waals surface area contributed by atoms with Gasteiger partial charge in [0.1, 0.15) is 11.9 Å². The number of para-hydroxylation sites is 1. The molecule has 1 aliphatic heterocycles. The smallest absolute Gasteiger partial charge is 0.311 e. The van der Waals surface area contributed by atoms with Crippen molar-refractivity contribution in [1.82, 2.24) is 10.2 Å². The summed E-state index contributed by atoms with van der Waals surface area (Å²) in [6.45, 7) is 6.44. The molecule has 0 unspecified atom stereocenters. The normalized spacial score (nSPS) is 15.7. The highest BCUT2D eigenvalue weighted by molar-refractivity contribution is 6.35. The first-order valence-electron chi connectivity index (χ1n) is 9.34. The Morgan fingerprint density at radius 1 is 1.19 bits per heavy atom. The summed E-state index contributed by atoms with van der Waals surface area (Å²) in [6, 6.07) is 7.16. The summed E-state index contributed by atoms with van der Waals surface area (Å²) in [5, 5.41) is 20.3. The molecule has 1 saturated heterocycles. The van der Waals surface area contributed by atoms with E-state index in [9.17, 15) is 9.59 Å². The molecular weight excluding hydrogens is 348 g/mol. The Bertz CT molecular complexity index is 644. The molecule has 1 aromatic carbocycles. The van der Waals surface area contributed by atoms with E-state index in [2.05, 4.69) is 32.2 Å². The summed E-state index contributed by atoms with van der Waals surface area (Å²) >= 11 is 0. The number of likely N-dealkylation sites (tertiary alicyclic amines) is 1. The van der Waals surface area contributed by atoms with Crippen LogP contribution in [0.3, 0.4) is 0 Å². The zero-order valence-electron chi connectivity index (χ0n) is 16.3. The molecule has 1 fully saturated rings. The first-order chi connectivity index (χ1) is 12.8. The summed E-state index contributed by atoms with van der Waals surface area (Å²) in [7, 11) is 0. The quantitative estimate of drug-likeness (QED) is 0.659. The number of benzene rings is 1. The van der Waals surface area contributed by atoms with Crippen molar-refractivity contribution >= 4 is 11.8 Å². The molecule has 3 N–H and O–H groups in total. The van der Waals surface area contributed by atoms with Crippen LogP contribution in [0.4, 0.5) is 0 Å². The molecule has 1 aromatic rings. The van der Waals surface area contributed by atoms with E-state index in [1.54, 1.807) is 0 Å². The average molecular weight is 378 g/mol. The van der Waals surface area contributed by atoms with Crippen LogP contribution in [0.2, 0.25) is 0 Å². The number of carbonyl (C=O) groups is 2. The predicted octanol–water partition coefficient (Wildman–Crippen LogP) is 0.823. The summed E-state index contributed by atoms with van der Waals surface area (Å²) in [5.74, 6) is -0.586. The van der Waals surface area contributed by atoms with Crippen LogP contribution in [-0.4, -0.2) is 65.4 Å². The number of carbonyl (C=O) groups excluding carboxylic acids is 2. The minimum atomic E-state index is -0.823. The average Bonchev–Trinajstić information content (AvgIpc) is 2.65. The van der Waals surface area contributed by atoms with Crippen molar-refractivity contribution in [3.8, 4) is 5.75 Å². The lowest BCUT2D eigenvalue weighted by molar-refractivity contribution is -0.147. The number of aliphatic hydroxyl groups is 2. The number of amides is 2. The number of hydrogen-bond acceptors (Lipinski definition) is 5. The highest BCUT2D eigenvalue weighted by atomic mass is 16.5. The minimum Gasteiger partial charge on any atom is -0.490 e. The zero-order valence-corrected chi connectivity index (χ0v) is 16.3. The topological polar surface area (TPSA) is 99.1 Å². The molecule has 7 heteroatoms. The molecule has 7 nitrogen and oxygen atoms in total. The van der Waals surface area contributed by atoms with E-state index in [-0.39, 0.29) is 11.5 Å². The molecule has 1 aliphatic rings. The molecule has 2 amide bonds. The van der Waals surface area contributed by atoms with Gasteiger partial charge in [-0.15, -0.1) is 0 Å². The van der Waals surface area contributed by atoms with E-state index in [4.69, 9.17) is 14.9 Å². The molecule has 1 heterocycles. The van der Waals surface area contributed by atoms with Crippen molar-refractivity contribution in [1.29, 1.82) is 0 Å². The van der Waals surface area contributed by atoms with E-state index < -0.39 is 31.1 Å². The van der Waals surface area contributed by atoms with Gasteiger partial charge in [-0.1, -0.05) is 39.0 Å². The van der Waals surface area contributed by atoms with Crippen LogP contribution in [0.5, 0.6) is 5.75 Å². The molecule has 0 spiro atoms. The lowest BCUT2D eigenvalue weighted by Crippen LogP contribution is -2.51. The molecule has 150 valence electrons. The van der Waals surface area contributed by atoms with Crippen molar-refractivity contribution < 1.29 is 24.5 Å². The van der Waals surface area contributed by atoms with Crippen LogP contribution in [0, 0.1) is 0 Å². The molecule has 0 aromatic heterocycles. The van der Waals surface area contributed by atoms with Crippen LogP contribution in [0.1, 0.15) is 39.2 Å². The van der Waals surface area contributed by atoms with E-state index in [1.165, 1.54) is 4.90 Å². The second kappa shape index (κ2) is 9.19. The van der Waals surface area contributed by atoms with Crippen molar-refractivity contribution in [3.63, 3.8) is 0 Å². The monoisotopic (exact) mass is 378 g/mol. The maximum absolute atomic E-state index is 12.2. The largest absolute Gasteiger partial charge is 0.490 e. The van der Waals surface area contributed by atoms with Crippen molar-refractivity contribution in [2.75, 3.05) is 26.3 Å². The van der Waals surface area contributed by atoms with Crippen LogP contribution >= 0.6 is 0 Å². The van der Waals surface area contributed by atoms with Crippen molar-refractivity contribution in [2.45, 2.75) is 51.2 Å². The third-order valence-corrected chi connectivity index (χ3v) is 4.69. The van der Waals surface area contributed by atoms with Gasteiger partial charge in [0.25, 0.3) is 0 Å². The highest BCUT2D eigenvalue weighted by Gasteiger charge is 2.29. The highest BCUT2D eigenvalue weighted by Crippen LogP contribution is 2.32. The van der Waals surface area contributed by atoms with Gasteiger partial charge in [0, 0.05) is 25.9 Å². The summed E-state index contributed by atoms with van der Waals surface area (Å²) in [6.07, 6.45) is 1.27. The number of nitrogens with one attached hydrogen (secondary N) is 1. The van der Waals surface area contributed by atoms with Gasteiger partial charge >= 0.3 is 11.8 Å². The standard InChI is InChI=1S/C20H30N2O5/c1-20(2,3)16-6-4-5-7-17(16)27-15-8-10-22(11-9-15)19(26)18(25)21-14(12-23)13-24/h4-7,14-15,23-24H,8-13H2,1-3H3,(H,21,25). The lowest BCUT2D eigenvalue weighted by atomic mass is 9.86. The van der Waals surface area contributed by atoms with Crippen LogP contribution in [-0.2, 0) is 15.0 Å². The summed E-state index contributed by atoms with van der Waals surface area (Å²) < 4.78 is 6.20. The minimum absolute atomic E-state index is 0.0109. The molecule has 0 bridgehead atoms. The van der Waals surface area contributed by atoms with Gasteiger partial charge in [-0.05, 0) is 17.0 Å². The Kier molecular flexibility index (Phi) is 7.21. The maximum atomic E-state index is 12.2. The van der Waals surface area contributed by atoms with Crippen LogP contribution in [0.15, 0.2) is 24.3 Å². The zero-order chi connectivity index (χ0) is 20.0. The van der Waals surface area contributed by atoms with Crippen molar-refractivity contribution in [3.05, 3.63) is 29.8 Å². The Labute approximate surface area is 160 Å². The van der Waals surface area contributed by atoms with Crippen LogP contribution < -0.4 is 10.1 Å². The molecule has 2 rings (SSSR count). The maximum Gasteiger partial charge on any atom is 0.311 e. The Hall–Kier alpha value is -2.12. The number of rotatable bonds is 5. The van der Waals surface area contributed by atoms with Crippen LogP contribution in [0.25, 0.3) is 0 Å². The fourth-order valence-electron chi connectivity index (χ4n) is 3.09. The molecule has 0 saturated carbocycles. The number of ether oxygens (including phenoxy) is 1. The lowest BCUT2D eigenvalue weighted by Gasteiger charge is -2.33. The van der Waals surface area contributed by atoms with Gasteiger partial charge in [0.2, 0.25) is 0 Å². The van der Waals surface area contributed by atoms with Gasteiger partial charge in [-0.25, -0.2) is 0 Å². The van der Waals surface area contributed by atoms with Crippen molar-refractivity contribution in [2.24, 2.45) is 0 Å². The van der Waals surface area contributed by atoms with Gasteiger partial charge in [-0.2, -0.15) is 0 Å². The third kappa shape index (κ3) is 5.68. The predicted molar refractivity (Wildman–Crippen MR) is 101 cm³/mol. The Balaban J connectivity index is 1.91. The fraction of sp³-hybridized carbons (Fsp3) is 0.600. The first kappa shape index (κ1) is 21.2. The molecule has 0 atom stereocenters. The Morgan fingerprint density at radius 2 is 1.78 bits per heavy atom. The third-order valence-electron chi connectivity index (χ3n) is 4.69. The first-order valence-corrected chi connectivity index (χ1v) is 9.34. The second-order valence-corrected chi connectivity index (χ2v) is 7.89. The fourth-order valence-corrected chi connectivity index (χ4v) is 3.09. The van der Waals surface area contributed by atoms with Gasteiger partial charge < -0.3 is 25.2 Å². The molecular formula is C20H30N2O5. The number of hydrogen-bond donors (Lipinski definition) is 3. The SMILES string of the molecule is CC(C)(C)c1ccccc1OC1CCN(C(=O)C(=O)NC(CO)CO)CC1. The molecule has 0 aliphatic carbocycles. The molecule has 0 radical (unpaired) electrons. The van der Waals surface area contributed by atoms with E-state index in [1.807, 2.05) is 18.2 Å². The molecule has 27 heavy (non-hydrogen) atoms. The summed E-state index contributed by atoms with van der Waals surface area (Å²) in [4.78, 5) is 25.7. The number of piperidine rings is 1. The number of aliphatic hydroxyl groups excluding tert-OH is 2. The van der Waals surface area contributed by atoms with E-state index in [0.717, 1.165) is 11.3 Å². The number of nitrogens with zero attached hydrogens (tertiary/aromatic N) is 1. The van der Waals surface area contributed by atoms with Gasteiger partial charge in [-0.3, -0.25) is 9.59 Å². The van der Waals surface area contributed by atoms with E-state index in [0.29, 0.717) is 25.9 Å². The second-order valence-electron chi connectivity index (χ2n) is 7.89. The van der Waals surface area contributed by atoms with Gasteiger partial charge in [0.15, 0.2) is 0 Å².